The quantitative estimate of drug-likeness (QED) is 0.620. The van der Waals surface area contributed by atoms with E-state index in [1.807, 2.05) is 38.1 Å². The third-order valence-electron chi connectivity index (χ3n) is 4.28. The maximum absolute atomic E-state index is 11.6. The van der Waals surface area contributed by atoms with Gasteiger partial charge in [-0.2, -0.15) is 10.2 Å². The average Bonchev–Trinajstić information content (AvgIpc) is 3.48. The first-order valence-corrected chi connectivity index (χ1v) is 8.33. The van der Waals surface area contributed by atoms with Gasteiger partial charge in [0.2, 0.25) is 11.8 Å². The molecular formula is C18H22N4O2. The zero-order valence-electron chi connectivity index (χ0n) is 14.0. The van der Waals surface area contributed by atoms with Gasteiger partial charge in [0.05, 0.1) is 11.4 Å². The molecule has 0 unspecified atom stereocenters. The van der Waals surface area contributed by atoms with Gasteiger partial charge in [0, 0.05) is 11.8 Å². The van der Waals surface area contributed by atoms with Gasteiger partial charge < -0.3 is 0 Å². The lowest BCUT2D eigenvalue weighted by molar-refractivity contribution is -0.123. The number of rotatable bonds is 6. The summed E-state index contributed by atoms with van der Waals surface area (Å²) in [4.78, 5) is 23.2. The number of carbonyl (C=O) groups is 2. The highest BCUT2D eigenvalue weighted by Crippen LogP contribution is 2.29. The Bertz CT molecular complexity index is 637. The summed E-state index contributed by atoms with van der Waals surface area (Å²) in [5.41, 5.74) is 8.60. The predicted octanol–water partition coefficient (Wildman–Crippen LogP) is 2.19. The lowest BCUT2D eigenvalue weighted by Gasteiger charge is -2.05. The molecule has 2 aliphatic rings. The number of hydrogen-bond acceptors (Lipinski definition) is 4. The van der Waals surface area contributed by atoms with Crippen molar-refractivity contribution in [3.8, 4) is 0 Å². The molecule has 2 saturated carbocycles. The second kappa shape index (κ2) is 6.95. The molecule has 0 bridgehead atoms. The molecule has 2 aliphatic carbocycles. The number of hydrazone groups is 2. The molecule has 2 amide bonds. The van der Waals surface area contributed by atoms with E-state index in [0.717, 1.165) is 48.2 Å². The van der Waals surface area contributed by atoms with Gasteiger partial charge in [0.25, 0.3) is 0 Å². The first-order valence-electron chi connectivity index (χ1n) is 8.33. The van der Waals surface area contributed by atoms with Gasteiger partial charge in [0.1, 0.15) is 0 Å². The van der Waals surface area contributed by atoms with Gasteiger partial charge in [-0.05, 0) is 50.7 Å². The normalized spacial score (nSPS) is 18.2. The highest BCUT2D eigenvalue weighted by Gasteiger charge is 2.30. The van der Waals surface area contributed by atoms with Crippen LogP contribution in [0, 0.1) is 11.8 Å². The van der Waals surface area contributed by atoms with Crippen molar-refractivity contribution in [2.75, 3.05) is 0 Å². The van der Waals surface area contributed by atoms with Crippen LogP contribution in [0.15, 0.2) is 34.5 Å². The van der Waals surface area contributed by atoms with Gasteiger partial charge in [0.15, 0.2) is 0 Å². The van der Waals surface area contributed by atoms with Gasteiger partial charge in [-0.25, -0.2) is 10.9 Å². The Balaban J connectivity index is 1.59. The summed E-state index contributed by atoms with van der Waals surface area (Å²) >= 11 is 0. The first kappa shape index (κ1) is 16.4. The summed E-state index contributed by atoms with van der Waals surface area (Å²) in [5.74, 6) is 0.294. The average molecular weight is 326 g/mol. The van der Waals surface area contributed by atoms with Crippen molar-refractivity contribution in [3.05, 3.63) is 35.4 Å². The topological polar surface area (TPSA) is 82.9 Å². The molecule has 0 atom stereocenters. The molecule has 0 aromatic heterocycles. The van der Waals surface area contributed by atoms with Gasteiger partial charge in [-0.3, -0.25) is 9.59 Å². The summed E-state index contributed by atoms with van der Waals surface area (Å²) < 4.78 is 0. The maximum Gasteiger partial charge on any atom is 0.243 e. The Labute approximate surface area is 141 Å². The molecule has 24 heavy (non-hydrogen) atoms. The van der Waals surface area contributed by atoms with E-state index in [4.69, 9.17) is 0 Å². The molecule has 2 N–H and O–H groups in total. The van der Waals surface area contributed by atoms with Crippen molar-refractivity contribution in [1.29, 1.82) is 0 Å². The van der Waals surface area contributed by atoms with Crippen molar-refractivity contribution < 1.29 is 9.59 Å². The van der Waals surface area contributed by atoms with E-state index in [1.165, 1.54) is 0 Å². The summed E-state index contributed by atoms with van der Waals surface area (Å²) in [6.45, 7) is 3.72. The summed E-state index contributed by atoms with van der Waals surface area (Å²) in [6.07, 6.45) is 3.85. The molecule has 1 aromatic carbocycles. The van der Waals surface area contributed by atoms with Crippen molar-refractivity contribution in [3.63, 3.8) is 0 Å². The Hall–Kier alpha value is -2.50. The van der Waals surface area contributed by atoms with Gasteiger partial charge in [-0.15, -0.1) is 0 Å². The number of amides is 2. The maximum atomic E-state index is 11.6. The number of nitrogens with zero attached hydrogens (tertiary/aromatic N) is 2. The third-order valence-corrected chi connectivity index (χ3v) is 4.28. The van der Waals surface area contributed by atoms with E-state index in [1.54, 1.807) is 0 Å². The number of benzene rings is 1. The summed E-state index contributed by atoms with van der Waals surface area (Å²) in [6, 6.07) is 7.72. The van der Waals surface area contributed by atoms with Crippen LogP contribution in [0.4, 0.5) is 0 Å². The fraction of sp³-hybridized carbons (Fsp3) is 0.444. The van der Waals surface area contributed by atoms with Crippen LogP contribution in [0.2, 0.25) is 0 Å². The van der Waals surface area contributed by atoms with Gasteiger partial charge >= 0.3 is 0 Å². The zero-order chi connectivity index (χ0) is 17.1. The van der Waals surface area contributed by atoms with E-state index >= 15 is 0 Å². The lowest BCUT2D eigenvalue weighted by atomic mass is 10.1. The highest BCUT2D eigenvalue weighted by molar-refractivity contribution is 6.02. The molecule has 0 spiro atoms. The zero-order valence-corrected chi connectivity index (χ0v) is 14.0. The first-order chi connectivity index (χ1) is 11.5. The molecule has 6 nitrogen and oxygen atoms in total. The van der Waals surface area contributed by atoms with Crippen LogP contribution < -0.4 is 10.9 Å². The third kappa shape index (κ3) is 4.28. The van der Waals surface area contributed by atoms with Crippen molar-refractivity contribution in [1.82, 2.24) is 10.9 Å². The Kier molecular flexibility index (Phi) is 4.74. The van der Waals surface area contributed by atoms with E-state index < -0.39 is 0 Å². The van der Waals surface area contributed by atoms with Crippen LogP contribution in [0.5, 0.6) is 0 Å². The fourth-order valence-electron chi connectivity index (χ4n) is 2.23. The second-order valence-electron chi connectivity index (χ2n) is 6.47. The predicted molar refractivity (Wildman–Crippen MR) is 92.6 cm³/mol. The monoisotopic (exact) mass is 326 g/mol. The SMILES string of the molecule is C/C(=N/NC(=O)C1CC1)c1ccc(/C(C)=N\NC(=O)C2CC2)cc1. The molecule has 126 valence electrons. The van der Waals surface area contributed by atoms with Crippen LogP contribution in [-0.4, -0.2) is 23.2 Å². The van der Waals surface area contributed by atoms with Crippen molar-refractivity contribution in [2.45, 2.75) is 39.5 Å². The van der Waals surface area contributed by atoms with Crippen LogP contribution in [0.3, 0.4) is 0 Å². The van der Waals surface area contributed by atoms with E-state index in [9.17, 15) is 9.59 Å². The van der Waals surface area contributed by atoms with Crippen LogP contribution >= 0.6 is 0 Å². The standard InChI is InChI=1S/C18H22N4O2/c1-11(19-21-17(23)15-7-8-15)13-3-5-14(6-4-13)12(2)20-22-18(24)16-9-10-16/h3-6,15-16H,7-10H2,1-2H3,(H,21,23)(H,22,24)/b19-11-,20-12-. The minimum Gasteiger partial charge on any atom is -0.273 e. The van der Waals surface area contributed by atoms with Crippen LogP contribution in [0.25, 0.3) is 0 Å². The van der Waals surface area contributed by atoms with Gasteiger partial charge in [-0.1, -0.05) is 24.3 Å². The summed E-state index contributed by atoms with van der Waals surface area (Å²) in [7, 11) is 0. The molecule has 3 rings (SSSR count). The highest BCUT2D eigenvalue weighted by atomic mass is 16.2. The number of nitrogens with one attached hydrogen (secondary N) is 2. The molecule has 1 aromatic rings. The van der Waals surface area contributed by atoms with E-state index in [-0.39, 0.29) is 23.7 Å². The fourth-order valence-corrected chi connectivity index (χ4v) is 2.23. The molecule has 0 aliphatic heterocycles. The second-order valence-corrected chi connectivity index (χ2v) is 6.47. The van der Waals surface area contributed by atoms with Crippen molar-refractivity contribution >= 4 is 23.2 Å². The number of carbonyl (C=O) groups excluding carboxylic acids is 2. The molecule has 0 heterocycles. The van der Waals surface area contributed by atoms with E-state index in [2.05, 4.69) is 21.1 Å². The molecule has 6 heteroatoms. The molecule has 0 radical (unpaired) electrons. The van der Waals surface area contributed by atoms with Crippen molar-refractivity contribution in [2.24, 2.45) is 22.0 Å². The molecule has 0 saturated heterocycles. The molecular weight excluding hydrogens is 304 g/mol. The minimum absolute atomic E-state index is 0.000326. The van der Waals surface area contributed by atoms with E-state index in [0.29, 0.717) is 0 Å². The Morgan fingerprint density at radius 1 is 0.792 bits per heavy atom. The Morgan fingerprint density at radius 2 is 1.12 bits per heavy atom. The minimum atomic E-state index is 0.000326. The largest absolute Gasteiger partial charge is 0.273 e. The van der Waals surface area contributed by atoms with Crippen LogP contribution in [-0.2, 0) is 9.59 Å². The van der Waals surface area contributed by atoms with Crippen LogP contribution in [0.1, 0.15) is 50.7 Å². The summed E-state index contributed by atoms with van der Waals surface area (Å²) in [5, 5.41) is 8.29. The smallest absolute Gasteiger partial charge is 0.243 e. The number of hydrogen-bond donors (Lipinski definition) is 2. The lowest BCUT2D eigenvalue weighted by Crippen LogP contribution is -2.21. The Morgan fingerprint density at radius 3 is 1.42 bits per heavy atom. The molecule has 2 fully saturated rings.